The zero-order valence-corrected chi connectivity index (χ0v) is 18.1. The number of carbonyl (C=O) groups is 2. The number of methoxy groups -OCH3 is 2. The Morgan fingerprint density at radius 2 is 1.74 bits per heavy atom. The molecule has 0 saturated carbocycles. The molecule has 0 aliphatic heterocycles. The van der Waals surface area contributed by atoms with E-state index in [2.05, 4.69) is 10.4 Å². The van der Waals surface area contributed by atoms with Crippen molar-refractivity contribution in [2.45, 2.75) is 26.9 Å². The van der Waals surface area contributed by atoms with Crippen molar-refractivity contribution in [1.29, 1.82) is 0 Å². The number of rotatable bonds is 7. The summed E-state index contributed by atoms with van der Waals surface area (Å²) >= 11 is 0. The Morgan fingerprint density at radius 3 is 2.39 bits per heavy atom. The lowest BCUT2D eigenvalue weighted by Gasteiger charge is -2.16. The van der Waals surface area contributed by atoms with Gasteiger partial charge in [-0.1, -0.05) is 18.2 Å². The molecule has 1 unspecified atom stereocenters. The molecule has 0 radical (unpaired) electrons. The second kappa shape index (κ2) is 9.34. The predicted octanol–water partition coefficient (Wildman–Crippen LogP) is 3.69. The van der Waals surface area contributed by atoms with Gasteiger partial charge in [0.05, 0.1) is 37.0 Å². The van der Waals surface area contributed by atoms with Crippen LogP contribution in [0.25, 0.3) is 5.69 Å². The van der Waals surface area contributed by atoms with Crippen LogP contribution in [0.5, 0.6) is 11.5 Å². The van der Waals surface area contributed by atoms with E-state index in [0.717, 1.165) is 5.69 Å². The van der Waals surface area contributed by atoms with Gasteiger partial charge >= 0.3 is 5.97 Å². The van der Waals surface area contributed by atoms with E-state index in [1.54, 1.807) is 36.7 Å². The molecule has 1 aromatic heterocycles. The van der Waals surface area contributed by atoms with Crippen LogP contribution in [-0.2, 0) is 9.53 Å². The number of benzene rings is 2. The van der Waals surface area contributed by atoms with Gasteiger partial charge in [-0.15, -0.1) is 0 Å². The normalized spacial score (nSPS) is 11.5. The van der Waals surface area contributed by atoms with Gasteiger partial charge in [-0.25, -0.2) is 9.48 Å². The molecule has 0 aliphatic rings. The number of ether oxygens (including phenoxy) is 3. The number of carbonyl (C=O) groups excluding carboxylic acids is 2. The van der Waals surface area contributed by atoms with E-state index in [-0.39, 0.29) is 0 Å². The molecule has 1 heterocycles. The van der Waals surface area contributed by atoms with E-state index in [4.69, 9.17) is 14.2 Å². The summed E-state index contributed by atoms with van der Waals surface area (Å²) in [6, 6.07) is 14.5. The largest absolute Gasteiger partial charge is 0.497 e. The van der Waals surface area contributed by atoms with Gasteiger partial charge in [0.25, 0.3) is 5.91 Å². The molecule has 1 atom stereocenters. The summed E-state index contributed by atoms with van der Waals surface area (Å²) in [5.74, 6) is -0.0908. The summed E-state index contributed by atoms with van der Waals surface area (Å²) in [7, 11) is 3.02. The van der Waals surface area contributed by atoms with Gasteiger partial charge < -0.3 is 19.5 Å². The lowest BCUT2D eigenvalue weighted by Crippen LogP contribution is -2.30. The zero-order chi connectivity index (χ0) is 22.5. The second-order valence-electron chi connectivity index (χ2n) is 6.90. The number of amides is 1. The average Bonchev–Trinajstić information content (AvgIpc) is 3.08. The highest BCUT2D eigenvalue weighted by atomic mass is 16.5. The van der Waals surface area contributed by atoms with Crippen LogP contribution < -0.4 is 14.8 Å². The first-order valence-corrected chi connectivity index (χ1v) is 9.71. The molecular weight excluding hydrogens is 398 g/mol. The fraction of sp³-hybridized carbons (Fsp3) is 0.261. The third-order valence-electron chi connectivity index (χ3n) is 4.81. The van der Waals surface area contributed by atoms with E-state index in [1.807, 2.05) is 30.3 Å². The van der Waals surface area contributed by atoms with E-state index in [0.29, 0.717) is 34.1 Å². The summed E-state index contributed by atoms with van der Waals surface area (Å²) in [6.07, 6.45) is -1.04. The molecule has 0 bridgehead atoms. The Hall–Kier alpha value is -3.81. The molecule has 2 aromatic carbocycles. The van der Waals surface area contributed by atoms with Crippen LogP contribution in [0, 0.1) is 13.8 Å². The topological polar surface area (TPSA) is 91.7 Å². The highest BCUT2D eigenvalue weighted by molar-refractivity contribution is 5.99. The Bertz CT molecular complexity index is 1090. The molecule has 8 nitrogen and oxygen atoms in total. The molecule has 1 amide bonds. The number of nitrogens with one attached hydrogen (secondary N) is 1. The SMILES string of the molecule is COc1ccc(OC)c(NC(=O)C(C)OC(=O)c2c(C)nn(-c3ccccc3)c2C)c1. The van der Waals surface area contributed by atoms with Crippen molar-refractivity contribution in [3.05, 3.63) is 65.5 Å². The molecule has 0 spiro atoms. The van der Waals surface area contributed by atoms with E-state index in [1.165, 1.54) is 21.1 Å². The van der Waals surface area contributed by atoms with Crippen LogP contribution in [0.15, 0.2) is 48.5 Å². The van der Waals surface area contributed by atoms with Gasteiger partial charge in [0.1, 0.15) is 17.1 Å². The molecular formula is C23H25N3O5. The number of anilines is 1. The number of para-hydroxylation sites is 1. The first-order chi connectivity index (χ1) is 14.8. The van der Waals surface area contributed by atoms with Crippen LogP contribution in [0.1, 0.15) is 28.7 Å². The maximum atomic E-state index is 12.8. The fourth-order valence-electron chi connectivity index (χ4n) is 3.18. The van der Waals surface area contributed by atoms with Crippen LogP contribution in [-0.4, -0.2) is 42.0 Å². The van der Waals surface area contributed by atoms with Gasteiger partial charge in [0.15, 0.2) is 6.10 Å². The molecule has 1 N–H and O–H groups in total. The third-order valence-corrected chi connectivity index (χ3v) is 4.81. The van der Waals surface area contributed by atoms with E-state index < -0.39 is 18.0 Å². The molecule has 0 saturated heterocycles. The van der Waals surface area contributed by atoms with E-state index in [9.17, 15) is 9.59 Å². The molecule has 0 aliphatic carbocycles. The summed E-state index contributed by atoms with van der Waals surface area (Å²) in [4.78, 5) is 25.5. The summed E-state index contributed by atoms with van der Waals surface area (Å²) in [5.41, 5.74) is 2.74. The van der Waals surface area contributed by atoms with Crippen molar-refractivity contribution in [2.24, 2.45) is 0 Å². The molecule has 0 fully saturated rings. The van der Waals surface area contributed by atoms with Crippen LogP contribution >= 0.6 is 0 Å². The number of hydrogen-bond acceptors (Lipinski definition) is 6. The maximum absolute atomic E-state index is 12.8. The van der Waals surface area contributed by atoms with Crippen molar-refractivity contribution in [3.8, 4) is 17.2 Å². The first-order valence-electron chi connectivity index (χ1n) is 9.71. The second-order valence-corrected chi connectivity index (χ2v) is 6.90. The van der Waals surface area contributed by atoms with Gasteiger partial charge in [0, 0.05) is 6.07 Å². The molecule has 3 aromatic rings. The fourth-order valence-corrected chi connectivity index (χ4v) is 3.18. The number of hydrogen-bond donors (Lipinski definition) is 1. The minimum Gasteiger partial charge on any atom is -0.497 e. The molecule has 31 heavy (non-hydrogen) atoms. The number of nitrogens with zero attached hydrogens (tertiary/aromatic N) is 2. The molecule has 8 heteroatoms. The van der Waals surface area contributed by atoms with Crippen LogP contribution in [0.4, 0.5) is 5.69 Å². The molecule has 3 rings (SSSR count). The minimum atomic E-state index is -1.04. The van der Waals surface area contributed by atoms with Crippen LogP contribution in [0.2, 0.25) is 0 Å². The van der Waals surface area contributed by atoms with Crippen molar-refractivity contribution in [3.63, 3.8) is 0 Å². The highest BCUT2D eigenvalue weighted by Gasteiger charge is 2.25. The average molecular weight is 423 g/mol. The predicted molar refractivity (Wildman–Crippen MR) is 116 cm³/mol. The Balaban J connectivity index is 1.75. The van der Waals surface area contributed by atoms with Gasteiger partial charge in [-0.2, -0.15) is 5.10 Å². The first kappa shape index (κ1) is 21.9. The van der Waals surface area contributed by atoms with Gasteiger partial charge in [-0.3, -0.25) is 4.79 Å². The Morgan fingerprint density at radius 1 is 1.03 bits per heavy atom. The van der Waals surface area contributed by atoms with Gasteiger partial charge in [0.2, 0.25) is 0 Å². The Kier molecular flexibility index (Phi) is 6.59. The highest BCUT2D eigenvalue weighted by Crippen LogP contribution is 2.29. The smallest absolute Gasteiger partial charge is 0.342 e. The standard InChI is InChI=1S/C23H25N3O5/c1-14-21(15(2)26(25-14)17-9-7-6-8-10-17)23(28)31-16(3)22(27)24-19-13-18(29-4)11-12-20(19)30-5/h6-13,16H,1-5H3,(H,24,27). The quantitative estimate of drug-likeness (QED) is 0.583. The number of esters is 1. The number of aryl methyl sites for hydroxylation is 1. The van der Waals surface area contributed by atoms with Crippen molar-refractivity contribution >= 4 is 17.6 Å². The maximum Gasteiger partial charge on any atom is 0.342 e. The Labute approximate surface area is 180 Å². The summed E-state index contributed by atoms with van der Waals surface area (Å²) in [6.45, 7) is 5.02. The lowest BCUT2D eigenvalue weighted by molar-refractivity contribution is -0.123. The zero-order valence-electron chi connectivity index (χ0n) is 18.1. The van der Waals surface area contributed by atoms with E-state index >= 15 is 0 Å². The van der Waals surface area contributed by atoms with Crippen molar-refractivity contribution in [1.82, 2.24) is 9.78 Å². The third kappa shape index (κ3) is 4.69. The summed E-state index contributed by atoms with van der Waals surface area (Å²) in [5, 5.41) is 7.16. The van der Waals surface area contributed by atoms with Crippen molar-refractivity contribution < 1.29 is 23.8 Å². The lowest BCUT2D eigenvalue weighted by atomic mass is 10.2. The van der Waals surface area contributed by atoms with Crippen molar-refractivity contribution in [2.75, 3.05) is 19.5 Å². The minimum absolute atomic E-state index is 0.336. The van der Waals surface area contributed by atoms with Crippen LogP contribution in [0.3, 0.4) is 0 Å². The summed E-state index contributed by atoms with van der Waals surface area (Å²) < 4.78 is 17.6. The monoisotopic (exact) mass is 423 g/mol. The molecule has 162 valence electrons. The number of aromatic nitrogens is 2. The van der Waals surface area contributed by atoms with Gasteiger partial charge in [-0.05, 0) is 45.0 Å².